The van der Waals surface area contributed by atoms with Crippen LogP contribution in [0.4, 0.5) is 5.69 Å². The van der Waals surface area contributed by atoms with E-state index >= 15 is 0 Å². The molecule has 2 aromatic rings. The Morgan fingerprint density at radius 2 is 2.11 bits per heavy atom. The van der Waals surface area contributed by atoms with Gasteiger partial charge in [0.15, 0.2) is 0 Å². The van der Waals surface area contributed by atoms with Gasteiger partial charge in [0.05, 0.1) is 11.9 Å². The van der Waals surface area contributed by atoms with E-state index in [1.165, 1.54) is 6.20 Å². The summed E-state index contributed by atoms with van der Waals surface area (Å²) in [7, 11) is 0. The van der Waals surface area contributed by atoms with Crippen molar-refractivity contribution in [2.45, 2.75) is 0 Å². The lowest BCUT2D eigenvalue weighted by Gasteiger charge is -2.08. The van der Waals surface area contributed by atoms with Gasteiger partial charge in [-0.1, -0.05) is 29.8 Å². The molecule has 0 fully saturated rings. The maximum absolute atomic E-state index is 11.2. The first kappa shape index (κ1) is 12.4. The first-order valence-electron chi connectivity index (χ1n) is 5.42. The second-order valence-corrected chi connectivity index (χ2v) is 3.89. The van der Waals surface area contributed by atoms with Crippen molar-refractivity contribution in [3.8, 4) is 5.75 Å². The van der Waals surface area contributed by atoms with Crippen LogP contribution in [-0.2, 0) is 0 Å². The van der Waals surface area contributed by atoms with E-state index in [9.17, 15) is 4.79 Å². The summed E-state index contributed by atoms with van der Waals surface area (Å²) < 4.78 is 5.49. The van der Waals surface area contributed by atoms with Crippen LogP contribution in [0.2, 0.25) is 5.02 Å². The minimum atomic E-state index is -0.411. The second-order valence-electron chi connectivity index (χ2n) is 3.52. The summed E-state index contributed by atoms with van der Waals surface area (Å²) in [5, 5.41) is 8.99. The zero-order chi connectivity index (χ0) is 12.8. The maximum Gasteiger partial charge on any atom is 0.285 e. The highest BCUT2D eigenvalue weighted by Crippen LogP contribution is 2.14. The lowest BCUT2D eigenvalue weighted by molar-refractivity contribution is 0.333. The Labute approximate surface area is 109 Å². The number of nitrogens with zero attached hydrogens (tertiary/aromatic N) is 1. The highest BCUT2D eigenvalue weighted by Gasteiger charge is 2.03. The van der Waals surface area contributed by atoms with E-state index in [0.717, 1.165) is 5.75 Å². The molecule has 0 bridgehead atoms. The Hall–Kier alpha value is -2.01. The van der Waals surface area contributed by atoms with Crippen molar-refractivity contribution in [1.82, 2.24) is 10.2 Å². The average molecular weight is 266 g/mol. The Balaban J connectivity index is 1.82. The minimum Gasteiger partial charge on any atom is -0.492 e. The first-order valence-corrected chi connectivity index (χ1v) is 5.80. The zero-order valence-electron chi connectivity index (χ0n) is 9.52. The summed E-state index contributed by atoms with van der Waals surface area (Å²) in [5.74, 6) is 0.800. The van der Waals surface area contributed by atoms with Crippen LogP contribution in [-0.4, -0.2) is 23.3 Å². The molecule has 0 unspecified atom stereocenters. The van der Waals surface area contributed by atoms with Gasteiger partial charge in [-0.2, -0.15) is 5.10 Å². The number of ether oxygens (including phenoxy) is 1. The number of H-pyrrole nitrogens is 1. The van der Waals surface area contributed by atoms with Gasteiger partial charge in [0, 0.05) is 6.54 Å². The van der Waals surface area contributed by atoms with Gasteiger partial charge in [-0.15, -0.1) is 0 Å². The van der Waals surface area contributed by atoms with Gasteiger partial charge in [0.25, 0.3) is 5.56 Å². The van der Waals surface area contributed by atoms with E-state index in [4.69, 9.17) is 16.3 Å². The summed E-state index contributed by atoms with van der Waals surface area (Å²) in [6.07, 6.45) is 1.46. The number of nitrogens with one attached hydrogen (secondary N) is 2. The fourth-order valence-corrected chi connectivity index (χ4v) is 1.54. The van der Waals surface area contributed by atoms with Gasteiger partial charge >= 0.3 is 0 Å². The van der Waals surface area contributed by atoms with E-state index in [1.54, 1.807) is 0 Å². The highest BCUT2D eigenvalue weighted by atomic mass is 35.5. The Morgan fingerprint density at radius 3 is 2.89 bits per heavy atom. The van der Waals surface area contributed by atoms with Crippen molar-refractivity contribution < 1.29 is 4.74 Å². The van der Waals surface area contributed by atoms with Crippen LogP contribution in [0.3, 0.4) is 0 Å². The number of rotatable bonds is 5. The number of anilines is 1. The number of halogens is 1. The van der Waals surface area contributed by atoms with Gasteiger partial charge < -0.3 is 10.1 Å². The van der Waals surface area contributed by atoms with E-state index < -0.39 is 5.56 Å². The quantitative estimate of drug-likeness (QED) is 0.811. The summed E-state index contributed by atoms with van der Waals surface area (Å²) in [5.41, 5.74) is 0.0859. The van der Waals surface area contributed by atoms with Gasteiger partial charge in [0.2, 0.25) is 0 Å². The lowest BCUT2D eigenvalue weighted by Crippen LogP contribution is -2.16. The number of benzene rings is 1. The largest absolute Gasteiger partial charge is 0.492 e. The normalized spacial score (nSPS) is 10.1. The Kier molecular flexibility index (Phi) is 4.20. The molecular formula is C12H12ClN3O2. The Morgan fingerprint density at radius 1 is 1.33 bits per heavy atom. The molecule has 6 heteroatoms. The maximum atomic E-state index is 11.2. The molecule has 5 nitrogen and oxygen atoms in total. The fourth-order valence-electron chi connectivity index (χ4n) is 1.38. The number of hydrogen-bond donors (Lipinski definition) is 2. The molecule has 0 aliphatic carbocycles. The average Bonchev–Trinajstić information content (AvgIpc) is 2.40. The van der Waals surface area contributed by atoms with Crippen molar-refractivity contribution in [2.75, 3.05) is 18.5 Å². The third kappa shape index (κ3) is 3.24. The van der Waals surface area contributed by atoms with Crippen LogP contribution in [0.5, 0.6) is 5.75 Å². The predicted molar refractivity (Wildman–Crippen MR) is 70.3 cm³/mol. The third-order valence-corrected chi connectivity index (χ3v) is 2.60. The number of aromatic nitrogens is 2. The SMILES string of the molecule is O=c1[nH]ncc(NCCOc2ccccc2)c1Cl. The van der Waals surface area contributed by atoms with Gasteiger partial charge in [-0.05, 0) is 12.1 Å². The molecule has 18 heavy (non-hydrogen) atoms. The van der Waals surface area contributed by atoms with Crippen molar-refractivity contribution in [3.05, 3.63) is 51.9 Å². The molecule has 0 amide bonds. The number of para-hydroxylation sites is 1. The molecule has 0 radical (unpaired) electrons. The van der Waals surface area contributed by atoms with E-state index in [1.807, 2.05) is 30.3 Å². The van der Waals surface area contributed by atoms with Crippen LogP contribution in [0.15, 0.2) is 41.3 Å². The number of aromatic amines is 1. The third-order valence-electron chi connectivity index (χ3n) is 2.23. The predicted octanol–water partition coefficient (Wildman–Crippen LogP) is 1.91. The standard InChI is InChI=1S/C12H12ClN3O2/c13-11-10(8-15-16-12(11)17)14-6-7-18-9-4-2-1-3-5-9/h1-5,8H,6-7H2,(H2,14,16,17). The van der Waals surface area contributed by atoms with Crippen molar-refractivity contribution >= 4 is 17.3 Å². The zero-order valence-corrected chi connectivity index (χ0v) is 10.3. The van der Waals surface area contributed by atoms with Crippen LogP contribution in [0.25, 0.3) is 0 Å². The molecule has 0 spiro atoms. The fraction of sp³-hybridized carbons (Fsp3) is 0.167. The molecule has 94 valence electrons. The number of hydrogen-bond acceptors (Lipinski definition) is 4. The van der Waals surface area contributed by atoms with E-state index in [0.29, 0.717) is 18.8 Å². The van der Waals surface area contributed by atoms with Gasteiger partial charge in [0.1, 0.15) is 17.4 Å². The molecule has 1 heterocycles. The second kappa shape index (κ2) is 6.07. The summed E-state index contributed by atoms with van der Waals surface area (Å²) in [6.45, 7) is 0.993. The smallest absolute Gasteiger partial charge is 0.285 e. The van der Waals surface area contributed by atoms with Crippen molar-refractivity contribution in [2.24, 2.45) is 0 Å². The van der Waals surface area contributed by atoms with E-state index in [-0.39, 0.29) is 5.02 Å². The summed E-state index contributed by atoms with van der Waals surface area (Å²) >= 11 is 5.80. The summed E-state index contributed by atoms with van der Waals surface area (Å²) in [6, 6.07) is 9.48. The molecule has 0 saturated carbocycles. The highest BCUT2D eigenvalue weighted by molar-refractivity contribution is 6.32. The lowest BCUT2D eigenvalue weighted by atomic mass is 10.3. The molecular weight excluding hydrogens is 254 g/mol. The van der Waals surface area contributed by atoms with Crippen LogP contribution in [0, 0.1) is 0 Å². The van der Waals surface area contributed by atoms with Crippen molar-refractivity contribution in [1.29, 1.82) is 0 Å². The van der Waals surface area contributed by atoms with Crippen LogP contribution >= 0.6 is 11.6 Å². The van der Waals surface area contributed by atoms with Gasteiger partial charge in [-0.3, -0.25) is 4.79 Å². The van der Waals surface area contributed by atoms with Crippen molar-refractivity contribution in [3.63, 3.8) is 0 Å². The molecule has 2 rings (SSSR count). The minimum absolute atomic E-state index is 0.102. The molecule has 0 saturated heterocycles. The van der Waals surface area contributed by atoms with Gasteiger partial charge in [-0.25, -0.2) is 5.10 Å². The van der Waals surface area contributed by atoms with Crippen LogP contribution < -0.4 is 15.6 Å². The molecule has 0 atom stereocenters. The molecule has 0 aliphatic rings. The molecule has 0 aliphatic heterocycles. The topological polar surface area (TPSA) is 67.0 Å². The molecule has 1 aromatic carbocycles. The monoisotopic (exact) mass is 265 g/mol. The van der Waals surface area contributed by atoms with Crippen LogP contribution in [0.1, 0.15) is 0 Å². The Bertz CT molecular complexity index is 557. The molecule has 2 N–H and O–H groups in total. The van der Waals surface area contributed by atoms with E-state index in [2.05, 4.69) is 15.5 Å². The summed E-state index contributed by atoms with van der Waals surface area (Å²) in [4.78, 5) is 11.2. The molecule has 1 aromatic heterocycles. The first-order chi connectivity index (χ1) is 8.77.